The van der Waals surface area contributed by atoms with Gasteiger partial charge in [-0.3, -0.25) is 9.59 Å². The first-order valence-electron chi connectivity index (χ1n) is 9.91. The molecule has 1 aromatic rings. The number of rotatable bonds is 8. The van der Waals surface area contributed by atoms with Gasteiger partial charge in [0.05, 0.1) is 6.42 Å². The Morgan fingerprint density at radius 1 is 1.03 bits per heavy atom. The minimum atomic E-state index is -0.896. The Labute approximate surface area is 176 Å². The molecule has 1 aliphatic carbocycles. The molecule has 8 heteroatoms. The Morgan fingerprint density at radius 2 is 1.66 bits per heavy atom. The third-order valence-corrected chi connectivity index (χ3v) is 5.69. The molecule has 1 fully saturated rings. The molecule has 0 heterocycles. The third kappa shape index (κ3) is 7.57. The summed E-state index contributed by atoms with van der Waals surface area (Å²) in [5.41, 5.74) is 0. The molecule has 7 nitrogen and oxygen atoms in total. The normalized spacial score (nSPS) is 18.7. The van der Waals surface area contributed by atoms with E-state index >= 15 is 0 Å². The van der Waals surface area contributed by atoms with E-state index in [0.29, 0.717) is 23.2 Å². The van der Waals surface area contributed by atoms with Crippen LogP contribution in [0.15, 0.2) is 24.3 Å². The van der Waals surface area contributed by atoms with Gasteiger partial charge in [-0.1, -0.05) is 11.6 Å². The molecule has 0 unspecified atom stereocenters. The van der Waals surface area contributed by atoms with Gasteiger partial charge in [-0.05, 0) is 62.3 Å². The second-order valence-electron chi connectivity index (χ2n) is 7.65. The summed E-state index contributed by atoms with van der Waals surface area (Å²) in [5, 5.41) is 9.33. The van der Waals surface area contributed by atoms with Crippen LogP contribution in [0.2, 0.25) is 5.02 Å². The average Bonchev–Trinajstić information content (AvgIpc) is 2.71. The number of carboxylic acids is 1. The molecule has 29 heavy (non-hydrogen) atoms. The van der Waals surface area contributed by atoms with Crippen molar-refractivity contribution in [3.63, 3.8) is 0 Å². The lowest BCUT2D eigenvalue weighted by molar-refractivity contribution is -0.139. The summed E-state index contributed by atoms with van der Waals surface area (Å²) in [6.45, 7) is 0.836. The van der Waals surface area contributed by atoms with E-state index in [2.05, 4.69) is 0 Å². The van der Waals surface area contributed by atoms with Crippen molar-refractivity contribution in [2.45, 2.75) is 38.5 Å². The molecule has 160 valence electrons. The first-order chi connectivity index (χ1) is 13.8. The average molecular weight is 425 g/mol. The first-order valence-corrected chi connectivity index (χ1v) is 10.3. The zero-order chi connectivity index (χ0) is 21.4. The van der Waals surface area contributed by atoms with Crippen LogP contribution in [0.1, 0.15) is 38.5 Å². The van der Waals surface area contributed by atoms with E-state index in [-0.39, 0.29) is 24.8 Å². The molecule has 0 spiro atoms. The quantitative estimate of drug-likeness (QED) is 0.683. The van der Waals surface area contributed by atoms with E-state index in [1.807, 2.05) is 0 Å². The molecule has 1 saturated carbocycles. The first kappa shape index (κ1) is 23.0. The molecule has 0 radical (unpaired) electrons. The molecule has 0 aromatic heterocycles. The van der Waals surface area contributed by atoms with E-state index in [1.54, 1.807) is 43.3 Å². The number of carboxylic acid groups (broad SMARTS) is 1. The number of halogens is 1. The van der Waals surface area contributed by atoms with E-state index in [1.165, 1.54) is 4.90 Å². The predicted molar refractivity (Wildman–Crippen MR) is 110 cm³/mol. The minimum absolute atomic E-state index is 0.0300. The number of amides is 2. The van der Waals surface area contributed by atoms with Crippen LogP contribution in [0.25, 0.3) is 0 Å². The van der Waals surface area contributed by atoms with Gasteiger partial charge in [0.2, 0.25) is 5.91 Å². The van der Waals surface area contributed by atoms with Gasteiger partial charge in [-0.2, -0.15) is 0 Å². The van der Waals surface area contributed by atoms with Crippen LogP contribution >= 0.6 is 11.6 Å². The fraction of sp³-hybridized carbons (Fsp3) is 0.571. The minimum Gasteiger partial charge on any atom is -0.481 e. The Hall–Kier alpha value is -2.28. The van der Waals surface area contributed by atoms with Crippen molar-refractivity contribution in [1.82, 2.24) is 9.80 Å². The number of carbonyl (C=O) groups excluding carboxylic acids is 2. The summed E-state index contributed by atoms with van der Waals surface area (Å²) >= 11 is 5.82. The van der Waals surface area contributed by atoms with Crippen LogP contribution in [0.4, 0.5) is 4.79 Å². The van der Waals surface area contributed by atoms with Crippen LogP contribution in [0.5, 0.6) is 5.75 Å². The lowest BCUT2D eigenvalue weighted by Crippen LogP contribution is -2.37. The van der Waals surface area contributed by atoms with Crippen molar-refractivity contribution < 1.29 is 24.2 Å². The molecule has 1 aromatic carbocycles. The van der Waals surface area contributed by atoms with Crippen LogP contribution in [0, 0.1) is 11.8 Å². The molecule has 0 saturated heterocycles. The highest BCUT2D eigenvalue weighted by Gasteiger charge is 2.28. The van der Waals surface area contributed by atoms with Gasteiger partial charge < -0.3 is 19.6 Å². The monoisotopic (exact) mass is 424 g/mol. The van der Waals surface area contributed by atoms with Gasteiger partial charge in [0.25, 0.3) is 0 Å². The highest BCUT2D eigenvalue weighted by molar-refractivity contribution is 6.30. The van der Waals surface area contributed by atoms with E-state index < -0.39 is 12.1 Å². The summed E-state index contributed by atoms with van der Waals surface area (Å²) in [6.07, 6.45) is 3.90. The van der Waals surface area contributed by atoms with Gasteiger partial charge in [-0.15, -0.1) is 0 Å². The number of carbonyl (C=O) groups is 3. The number of nitrogens with zero attached hydrogens (tertiary/aromatic N) is 2. The van der Waals surface area contributed by atoms with Crippen molar-refractivity contribution in [2.75, 3.05) is 27.2 Å². The van der Waals surface area contributed by atoms with Crippen molar-refractivity contribution in [2.24, 2.45) is 11.8 Å². The molecule has 1 N–H and O–H groups in total. The molecule has 2 amide bonds. The van der Waals surface area contributed by atoms with Gasteiger partial charge in [-0.25, -0.2) is 4.79 Å². The summed E-state index contributed by atoms with van der Waals surface area (Å²) in [6, 6.07) is 6.64. The second kappa shape index (κ2) is 11.0. The van der Waals surface area contributed by atoms with E-state index in [9.17, 15) is 14.4 Å². The third-order valence-electron chi connectivity index (χ3n) is 5.44. The molecule has 2 rings (SSSR count). The number of hydrogen-bond acceptors (Lipinski definition) is 4. The van der Waals surface area contributed by atoms with Gasteiger partial charge in [0.15, 0.2) is 0 Å². The molecule has 0 aliphatic heterocycles. The van der Waals surface area contributed by atoms with Crippen molar-refractivity contribution >= 4 is 29.6 Å². The zero-order valence-corrected chi connectivity index (χ0v) is 17.7. The number of ether oxygens (including phenoxy) is 1. The second-order valence-corrected chi connectivity index (χ2v) is 8.09. The van der Waals surface area contributed by atoms with E-state index in [4.69, 9.17) is 21.4 Å². The number of benzene rings is 1. The van der Waals surface area contributed by atoms with Crippen LogP contribution in [-0.2, 0) is 9.59 Å². The smallest absolute Gasteiger partial charge is 0.414 e. The maximum Gasteiger partial charge on any atom is 0.414 e. The van der Waals surface area contributed by atoms with Gasteiger partial charge in [0.1, 0.15) is 5.75 Å². The Morgan fingerprint density at radius 3 is 2.24 bits per heavy atom. The standard InChI is InChI=1S/C21H29ClN2O5/c1-23(14-12-19(25)26)20(27)16-5-3-15(4-6-16)11-13-24(2)21(28)29-18-9-7-17(22)8-10-18/h7-10,15-16H,3-6,11-14H2,1-2H3,(H,25,26)/t15-,16-. The van der Waals surface area contributed by atoms with Gasteiger partial charge in [0, 0.05) is 38.1 Å². The summed E-state index contributed by atoms with van der Waals surface area (Å²) in [4.78, 5) is 38.3. The molecule has 1 aliphatic rings. The Kier molecular flexibility index (Phi) is 8.76. The Bertz CT molecular complexity index is 702. The van der Waals surface area contributed by atoms with Crippen molar-refractivity contribution in [3.05, 3.63) is 29.3 Å². The van der Waals surface area contributed by atoms with Crippen LogP contribution in [0.3, 0.4) is 0 Å². The topological polar surface area (TPSA) is 87.2 Å². The fourth-order valence-corrected chi connectivity index (χ4v) is 3.66. The lowest BCUT2D eigenvalue weighted by Gasteiger charge is -2.31. The van der Waals surface area contributed by atoms with E-state index in [0.717, 1.165) is 32.1 Å². The Balaban J connectivity index is 1.69. The molecule has 0 atom stereocenters. The summed E-state index contributed by atoms with van der Waals surface area (Å²) in [7, 11) is 3.38. The summed E-state index contributed by atoms with van der Waals surface area (Å²) < 4.78 is 5.32. The highest BCUT2D eigenvalue weighted by atomic mass is 35.5. The van der Waals surface area contributed by atoms with Gasteiger partial charge >= 0.3 is 12.1 Å². The van der Waals surface area contributed by atoms with Crippen molar-refractivity contribution in [3.8, 4) is 5.75 Å². The number of hydrogen-bond donors (Lipinski definition) is 1. The highest BCUT2D eigenvalue weighted by Crippen LogP contribution is 2.32. The lowest BCUT2D eigenvalue weighted by atomic mass is 9.80. The molecule has 0 bridgehead atoms. The molecular formula is C21H29ClN2O5. The largest absolute Gasteiger partial charge is 0.481 e. The van der Waals surface area contributed by atoms with Crippen molar-refractivity contribution in [1.29, 1.82) is 0 Å². The molecular weight excluding hydrogens is 396 g/mol. The maximum absolute atomic E-state index is 12.4. The predicted octanol–water partition coefficient (Wildman–Crippen LogP) is 3.90. The van der Waals surface area contributed by atoms with Crippen LogP contribution in [-0.4, -0.2) is 60.1 Å². The van der Waals surface area contributed by atoms with Crippen LogP contribution < -0.4 is 4.74 Å². The fourth-order valence-electron chi connectivity index (χ4n) is 3.53. The maximum atomic E-state index is 12.4. The SMILES string of the molecule is CN(CC[C@H]1CC[C@H](C(=O)N(C)CCC(=O)O)CC1)C(=O)Oc1ccc(Cl)cc1. The zero-order valence-electron chi connectivity index (χ0n) is 17.0. The summed E-state index contributed by atoms with van der Waals surface area (Å²) in [5.74, 6) is 0.0320. The number of aliphatic carboxylic acids is 1.